The third kappa shape index (κ3) is 6.14. The smallest absolute Gasteiger partial charge is 0.190 e. The number of hydrogen-bond donors (Lipinski definition) is 0. The summed E-state index contributed by atoms with van der Waals surface area (Å²) in [7, 11) is -3.09. The minimum atomic E-state index is -1.82. The van der Waals surface area contributed by atoms with Crippen LogP contribution in [0.1, 0.15) is 0 Å². The second kappa shape index (κ2) is 10.1. The van der Waals surface area contributed by atoms with Crippen molar-refractivity contribution in [1.29, 1.82) is 0 Å². The number of allylic oxidation sites excluding steroid dienone is 5. The molecule has 0 aliphatic carbocycles. The highest BCUT2D eigenvalue weighted by Gasteiger charge is 2.33. The molecule has 0 aromatic rings. The van der Waals surface area contributed by atoms with Gasteiger partial charge in [-0.05, 0) is 30.2 Å². The molecule has 0 aliphatic heterocycles. The van der Waals surface area contributed by atoms with E-state index in [4.69, 9.17) is 4.12 Å². The van der Waals surface area contributed by atoms with E-state index in [1.807, 2.05) is 30.4 Å². The average Bonchev–Trinajstić information content (AvgIpc) is 2.30. The Kier molecular flexibility index (Phi) is 9.55. The van der Waals surface area contributed by atoms with E-state index in [2.05, 4.69) is 32.9 Å². The lowest BCUT2D eigenvalue weighted by atomic mass is 10.7. The maximum Gasteiger partial charge on any atom is 0.190 e. The van der Waals surface area contributed by atoms with Crippen LogP contribution in [0.15, 0.2) is 63.3 Å². The molecule has 0 radical (unpaired) electrons. The van der Waals surface area contributed by atoms with Crippen LogP contribution < -0.4 is 0 Å². The molecular weight excluding hydrogens is 252 g/mol. The van der Waals surface area contributed by atoms with Gasteiger partial charge in [-0.15, -0.1) is 32.9 Å². The molecule has 18 heavy (non-hydrogen) atoms. The Hall–Kier alpha value is -0.906. The van der Waals surface area contributed by atoms with E-state index in [9.17, 15) is 0 Å². The van der Waals surface area contributed by atoms with Crippen molar-refractivity contribution >= 4 is 17.4 Å². The van der Waals surface area contributed by atoms with E-state index >= 15 is 0 Å². The highest BCUT2D eigenvalue weighted by atomic mass is 28.4. The molecule has 0 spiro atoms. The summed E-state index contributed by atoms with van der Waals surface area (Å²) in [5.41, 5.74) is 0. The van der Waals surface area contributed by atoms with Crippen molar-refractivity contribution in [2.24, 2.45) is 0 Å². The maximum absolute atomic E-state index is 6.56. The van der Waals surface area contributed by atoms with Crippen LogP contribution in [-0.2, 0) is 4.12 Å². The van der Waals surface area contributed by atoms with Crippen LogP contribution in [0.4, 0.5) is 0 Å². The largest absolute Gasteiger partial charge is 0.456 e. The van der Waals surface area contributed by atoms with Gasteiger partial charge in [-0.25, -0.2) is 0 Å². The van der Waals surface area contributed by atoms with Gasteiger partial charge in [0.2, 0.25) is 0 Å². The molecule has 0 saturated carbocycles. The molecule has 0 aromatic carbocycles. The van der Waals surface area contributed by atoms with Gasteiger partial charge in [0.1, 0.15) is 0 Å². The van der Waals surface area contributed by atoms with Gasteiger partial charge >= 0.3 is 0 Å². The van der Waals surface area contributed by atoms with E-state index in [-0.39, 0.29) is 0 Å². The van der Waals surface area contributed by atoms with Gasteiger partial charge in [-0.3, -0.25) is 0 Å². The lowest BCUT2D eigenvalue weighted by molar-refractivity contribution is 0.556. The highest BCUT2D eigenvalue weighted by molar-refractivity contribution is 6.81. The minimum absolute atomic E-state index is 0.961. The number of hydrogen-bond acceptors (Lipinski definition) is 1. The van der Waals surface area contributed by atoms with Crippen LogP contribution in [0.2, 0.25) is 30.2 Å². The first-order valence-corrected chi connectivity index (χ1v) is 11.0. The van der Waals surface area contributed by atoms with E-state index < -0.39 is 17.4 Å². The molecular formula is C15H26OSi2. The zero-order chi connectivity index (χ0) is 13.9. The van der Waals surface area contributed by atoms with Gasteiger partial charge in [0.15, 0.2) is 17.4 Å². The summed E-state index contributed by atoms with van der Waals surface area (Å²) >= 11 is 0. The quantitative estimate of drug-likeness (QED) is 0.374. The Bertz CT molecular complexity index is 260. The Balaban J connectivity index is 4.92. The van der Waals surface area contributed by atoms with Crippen LogP contribution in [0.3, 0.4) is 0 Å². The van der Waals surface area contributed by atoms with Crippen molar-refractivity contribution in [2.45, 2.75) is 30.2 Å². The summed E-state index contributed by atoms with van der Waals surface area (Å²) in [5, 5.41) is 0. The molecule has 0 rings (SSSR count). The summed E-state index contributed by atoms with van der Waals surface area (Å²) in [4.78, 5) is 0. The summed E-state index contributed by atoms with van der Waals surface area (Å²) in [5.74, 6) is 0. The number of rotatable bonds is 12. The molecule has 1 nitrogen and oxygen atoms in total. The van der Waals surface area contributed by atoms with Crippen molar-refractivity contribution in [3.05, 3.63) is 63.3 Å². The standard InChI is InChI=1S/C15H26OSi2/c1-6-11-17(12-7-2)16-18(13-8-3,14-9-4)15-10-5/h6-10,17H,1-5,11-15H2. The molecule has 100 valence electrons. The zero-order valence-corrected chi connectivity index (χ0v) is 13.6. The fourth-order valence-corrected chi connectivity index (χ4v) is 9.87. The monoisotopic (exact) mass is 278 g/mol. The summed E-state index contributed by atoms with van der Waals surface area (Å²) in [6, 6.07) is 4.87. The van der Waals surface area contributed by atoms with Crippen molar-refractivity contribution in [1.82, 2.24) is 0 Å². The predicted molar refractivity (Wildman–Crippen MR) is 89.0 cm³/mol. The molecule has 0 atom stereocenters. The average molecular weight is 279 g/mol. The fourth-order valence-electron chi connectivity index (χ4n) is 2.10. The molecule has 0 N–H and O–H groups in total. The van der Waals surface area contributed by atoms with E-state index in [0.29, 0.717) is 0 Å². The lowest BCUT2D eigenvalue weighted by Gasteiger charge is -2.33. The highest BCUT2D eigenvalue weighted by Crippen LogP contribution is 2.26. The first-order chi connectivity index (χ1) is 8.67. The van der Waals surface area contributed by atoms with Gasteiger partial charge in [0, 0.05) is 0 Å². The van der Waals surface area contributed by atoms with Gasteiger partial charge in [0.25, 0.3) is 0 Å². The SMILES string of the molecule is C=CC[SiH](CC=C)O[Si](CC=C)(CC=C)CC=C. The van der Waals surface area contributed by atoms with Crippen LogP contribution in [0.5, 0.6) is 0 Å². The van der Waals surface area contributed by atoms with Gasteiger partial charge in [-0.2, -0.15) is 0 Å². The van der Waals surface area contributed by atoms with Crippen LogP contribution in [0, 0.1) is 0 Å². The Labute approximate surface area is 115 Å². The molecule has 0 unspecified atom stereocenters. The fraction of sp³-hybridized carbons (Fsp3) is 0.333. The van der Waals surface area contributed by atoms with Crippen molar-refractivity contribution < 1.29 is 4.12 Å². The Morgan fingerprint density at radius 2 is 1.11 bits per heavy atom. The zero-order valence-electron chi connectivity index (χ0n) is 11.4. The van der Waals surface area contributed by atoms with Gasteiger partial charge in [0.05, 0.1) is 0 Å². The van der Waals surface area contributed by atoms with Gasteiger partial charge in [-0.1, -0.05) is 30.4 Å². The molecule has 0 heterocycles. The summed E-state index contributed by atoms with van der Waals surface area (Å²) in [6.07, 6.45) is 9.87. The van der Waals surface area contributed by atoms with E-state index in [1.165, 1.54) is 0 Å². The lowest BCUT2D eigenvalue weighted by Crippen LogP contribution is -2.42. The third-order valence-electron chi connectivity index (χ3n) is 2.82. The molecule has 0 fully saturated rings. The minimum Gasteiger partial charge on any atom is -0.456 e. The predicted octanol–water partition coefficient (Wildman–Crippen LogP) is 4.60. The van der Waals surface area contributed by atoms with Crippen LogP contribution >= 0.6 is 0 Å². The molecule has 0 saturated heterocycles. The Morgan fingerprint density at radius 1 is 0.722 bits per heavy atom. The molecule has 0 bridgehead atoms. The summed E-state index contributed by atoms with van der Waals surface area (Å²) in [6.45, 7) is 19.3. The molecule has 0 aromatic heterocycles. The maximum atomic E-state index is 6.56. The van der Waals surface area contributed by atoms with Crippen LogP contribution in [0.25, 0.3) is 0 Å². The molecule has 0 amide bonds. The summed E-state index contributed by atoms with van der Waals surface area (Å²) < 4.78 is 6.56. The first-order valence-electron chi connectivity index (χ1n) is 6.40. The van der Waals surface area contributed by atoms with Crippen molar-refractivity contribution in [2.75, 3.05) is 0 Å². The van der Waals surface area contributed by atoms with Gasteiger partial charge < -0.3 is 4.12 Å². The topological polar surface area (TPSA) is 9.23 Å². The molecule has 0 aliphatic rings. The molecule has 3 heteroatoms. The van der Waals surface area contributed by atoms with Crippen LogP contribution in [-0.4, -0.2) is 17.4 Å². The van der Waals surface area contributed by atoms with Crippen molar-refractivity contribution in [3.63, 3.8) is 0 Å². The Morgan fingerprint density at radius 3 is 1.39 bits per heavy atom. The first kappa shape index (κ1) is 17.1. The van der Waals surface area contributed by atoms with Crippen molar-refractivity contribution in [3.8, 4) is 0 Å². The second-order valence-electron chi connectivity index (χ2n) is 4.45. The normalized spacial score (nSPS) is 10.9. The van der Waals surface area contributed by atoms with E-state index in [0.717, 1.165) is 30.2 Å². The van der Waals surface area contributed by atoms with E-state index in [1.54, 1.807) is 0 Å². The second-order valence-corrected chi connectivity index (χ2v) is 11.2. The third-order valence-corrected chi connectivity index (χ3v) is 11.0.